The molecule has 1 aliphatic rings. The van der Waals surface area contributed by atoms with Crippen LogP contribution in [0, 0.1) is 0 Å². The Morgan fingerprint density at radius 3 is 2.36 bits per heavy atom. The van der Waals surface area contributed by atoms with Crippen LogP contribution in [-0.2, 0) is 11.3 Å². The van der Waals surface area contributed by atoms with Gasteiger partial charge in [-0.1, -0.05) is 18.2 Å². The molecule has 5 nitrogen and oxygen atoms in total. The topological polar surface area (TPSA) is 40.7 Å². The molecule has 28 heavy (non-hydrogen) atoms. The molecule has 1 aliphatic heterocycles. The van der Waals surface area contributed by atoms with Gasteiger partial charge in [0.05, 0.1) is 18.4 Å². The molecule has 0 spiro atoms. The molecular weight excluding hydrogens is 350 g/mol. The maximum absolute atomic E-state index is 5.91. The minimum Gasteiger partial charge on any atom is -0.497 e. The standard InChI is InChI=1S/C23H27N3O2/c1-17-13-25(14-18(2)28-17)15-20-16-26(21-7-5-4-6-8-21)24-23(20)19-9-11-22(27-3)12-10-19/h4-12,16-18H,13-15H2,1-3H3/p+1/t17-,18-/m1/s1. The summed E-state index contributed by atoms with van der Waals surface area (Å²) in [4.78, 5) is 1.54. The molecular formula is C23H28N3O2+. The molecule has 2 heterocycles. The Bertz CT molecular complexity index is 895. The van der Waals surface area contributed by atoms with Crippen LogP contribution in [0.3, 0.4) is 0 Å². The highest BCUT2D eigenvalue weighted by Gasteiger charge is 2.27. The zero-order valence-electron chi connectivity index (χ0n) is 16.8. The second kappa shape index (κ2) is 8.17. The molecule has 0 radical (unpaired) electrons. The smallest absolute Gasteiger partial charge is 0.118 e. The first kappa shape index (κ1) is 18.7. The molecule has 0 bridgehead atoms. The first-order valence-corrected chi connectivity index (χ1v) is 9.90. The van der Waals surface area contributed by atoms with Gasteiger partial charge in [0.1, 0.15) is 43.3 Å². The number of hydrogen-bond acceptors (Lipinski definition) is 3. The molecule has 2 aromatic carbocycles. The van der Waals surface area contributed by atoms with E-state index in [1.54, 1.807) is 7.11 Å². The number of hydrogen-bond donors (Lipinski definition) is 1. The molecule has 4 rings (SSSR count). The molecule has 0 amide bonds. The van der Waals surface area contributed by atoms with Crippen LogP contribution in [0.5, 0.6) is 5.75 Å². The zero-order chi connectivity index (χ0) is 19.5. The Morgan fingerprint density at radius 2 is 1.71 bits per heavy atom. The van der Waals surface area contributed by atoms with E-state index in [0.29, 0.717) is 0 Å². The molecule has 0 aliphatic carbocycles. The van der Waals surface area contributed by atoms with Gasteiger partial charge in [-0.05, 0) is 50.2 Å². The van der Waals surface area contributed by atoms with Crippen molar-refractivity contribution in [3.63, 3.8) is 0 Å². The summed E-state index contributed by atoms with van der Waals surface area (Å²) in [6.07, 6.45) is 2.74. The van der Waals surface area contributed by atoms with Gasteiger partial charge in [0.2, 0.25) is 0 Å². The van der Waals surface area contributed by atoms with Crippen LogP contribution in [0.15, 0.2) is 60.8 Å². The number of benzene rings is 2. The van der Waals surface area contributed by atoms with Gasteiger partial charge in [-0.3, -0.25) is 0 Å². The molecule has 1 fully saturated rings. The first-order chi connectivity index (χ1) is 13.6. The quantitative estimate of drug-likeness (QED) is 0.742. The summed E-state index contributed by atoms with van der Waals surface area (Å²) in [5.74, 6) is 0.856. The van der Waals surface area contributed by atoms with E-state index < -0.39 is 0 Å². The van der Waals surface area contributed by atoms with Crippen molar-refractivity contribution in [1.29, 1.82) is 0 Å². The van der Waals surface area contributed by atoms with Crippen molar-refractivity contribution >= 4 is 0 Å². The van der Waals surface area contributed by atoms with Gasteiger partial charge in [-0.2, -0.15) is 5.10 Å². The third-order valence-corrected chi connectivity index (χ3v) is 5.23. The lowest BCUT2D eigenvalue weighted by Gasteiger charge is -2.32. The number of morpholine rings is 1. The average molecular weight is 378 g/mol. The third-order valence-electron chi connectivity index (χ3n) is 5.23. The number of para-hydroxylation sites is 1. The second-order valence-electron chi connectivity index (χ2n) is 7.60. The van der Waals surface area contributed by atoms with Crippen molar-refractivity contribution in [2.45, 2.75) is 32.6 Å². The Balaban J connectivity index is 1.69. The van der Waals surface area contributed by atoms with Crippen LogP contribution in [0.4, 0.5) is 0 Å². The molecule has 1 N–H and O–H groups in total. The number of nitrogens with one attached hydrogen (secondary N) is 1. The summed E-state index contributed by atoms with van der Waals surface area (Å²) in [6, 6.07) is 18.4. The predicted octanol–water partition coefficient (Wildman–Crippen LogP) is 2.74. The minimum absolute atomic E-state index is 0.285. The van der Waals surface area contributed by atoms with Gasteiger partial charge in [-0.15, -0.1) is 0 Å². The van der Waals surface area contributed by atoms with Crippen LogP contribution >= 0.6 is 0 Å². The van der Waals surface area contributed by atoms with E-state index in [2.05, 4.69) is 44.3 Å². The largest absolute Gasteiger partial charge is 0.497 e. The summed E-state index contributed by atoms with van der Waals surface area (Å²) < 4.78 is 13.2. The molecule has 1 aromatic heterocycles. The van der Waals surface area contributed by atoms with Gasteiger partial charge in [0.25, 0.3) is 0 Å². The molecule has 5 heteroatoms. The fourth-order valence-corrected chi connectivity index (χ4v) is 4.05. The Kier molecular flexibility index (Phi) is 5.46. The maximum Gasteiger partial charge on any atom is 0.118 e. The van der Waals surface area contributed by atoms with Crippen molar-refractivity contribution in [2.75, 3.05) is 20.2 Å². The minimum atomic E-state index is 0.285. The van der Waals surface area contributed by atoms with Crippen LogP contribution in [0.2, 0.25) is 0 Å². The van der Waals surface area contributed by atoms with E-state index in [1.807, 2.05) is 35.0 Å². The zero-order valence-corrected chi connectivity index (χ0v) is 16.8. The number of ether oxygens (including phenoxy) is 2. The summed E-state index contributed by atoms with van der Waals surface area (Å²) in [6.45, 7) is 7.29. The molecule has 3 aromatic rings. The molecule has 146 valence electrons. The van der Waals surface area contributed by atoms with E-state index in [9.17, 15) is 0 Å². The van der Waals surface area contributed by atoms with E-state index in [0.717, 1.165) is 42.3 Å². The Labute approximate surface area is 166 Å². The van der Waals surface area contributed by atoms with Crippen molar-refractivity contribution in [1.82, 2.24) is 9.78 Å². The molecule has 1 saturated heterocycles. The van der Waals surface area contributed by atoms with Gasteiger partial charge < -0.3 is 14.4 Å². The Hall–Kier alpha value is -2.63. The highest BCUT2D eigenvalue weighted by molar-refractivity contribution is 5.64. The molecule has 0 unspecified atom stereocenters. The number of quaternary nitrogens is 1. The lowest BCUT2D eigenvalue weighted by molar-refractivity contribution is -0.928. The van der Waals surface area contributed by atoms with E-state index in [-0.39, 0.29) is 12.2 Å². The molecule has 0 saturated carbocycles. The number of nitrogens with zero attached hydrogens (tertiary/aromatic N) is 2. The summed E-state index contributed by atoms with van der Waals surface area (Å²) in [7, 11) is 1.69. The van der Waals surface area contributed by atoms with Crippen LogP contribution in [0.25, 0.3) is 16.9 Å². The summed E-state index contributed by atoms with van der Waals surface area (Å²) >= 11 is 0. The highest BCUT2D eigenvalue weighted by atomic mass is 16.5. The SMILES string of the molecule is COc1ccc(-c2nn(-c3ccccc3)cc2C[NH+]2C[C@@H](C)O[C@H](C)C2)cc1. The van der Waals surface area contributed by atoms with Crippen molar-refractivity contribution in [2.24, 2.45) is 0 Å². The van der Waals surface area contributed by atoms with Gasteiger partial charge in [0.15, 0.2) is 0 Å². The van der Waals surface area contributed by atoms with Gasteiger partial charge in [0, 0.05) is 11.8 Å². The van der Waals surface area contributed by atoms with Crippen molar-refractivity contribution in [3.8, 4) is 22.7 Å². The van der Waals surface area contributed by atoms with Crippen molar-refractivity contribution < 1.29 is 14.4 Å². The van der Waals surface area contributed by atoms with Gasteiger partial charge in [-0.25, -0.2) is 4.68 Å². The lowest BCUT2D eigenvalue weighted by atomic mass is 10.1. The fourth-order valence-electron chi connectivity index (χ4n) is 4.05. The highest BCUT2D eigenvalue weighted by Crippen LogP contribution is 2.25. The average Bonchev–Trinajstić information content (AvgIpc) is 3.11. The van der Waals surface area contributed by atoms with Crippen LogP contribution in [0.1, 0.15) is 19.4 Å². The van der Waals surface area contributed by atoms with E-state index in [1.165, 1.54) is 10.5 Å². The number of rotatable bonds is 5. The lowest BCUT2D eigenvalue weighted by Crippen LogP contribution is -3.14. The third kappa shape index (κ3) is 4.11. The molecule has 2 atom stereocenters. The predicted molar refractivity (Wildman–Crippen MR) is 110 cm³/mol. The monoisotopic (exact) mass is 378 g/mol. The van der Waals surface area contributed by atoms with E-state index in [4.69, 9.17) is 14.6 Å². The van der Waals surface area contributed by atoms with E-state index >= 15 is 0 Å². The van der Waals surface area contributed by atoms with Crippen LogP contribution in [-0.4, -0.2) is 42.2 Å². The maximum atomic E-state index is 5.91. The number of methoxy groups -OCH3 is 1. The van der Waals surface area contributed by atoms with Crippen molar-refractivity contribution in [3.05, 3.63) is 66.4 Å². The summed E-state index contributed by atoms with van der Waals surface area (Å²) in [5.41, 5.74) is 4.47. The normalized spacial score (nSPS) is 22.2. The van der Waals surface area contributed by atoms with Crippen LogP contribution < -0.4 is 9.64 Å². The first-order valence-electron chi connectivity index (χ1n) is 9.90. The number of aromatic nitrogens is 2. The Morgan fingerprint density at radius 1 is 1.04 bits per heavy atom. The second-order valence-corrected chi connectivity index (χ2v) is 7.60. The fraction of sp³-hybridized carbons (Fsp3) is 0.348. The van der Waals surface area contributed by atoms with Gasteiger partial charge >= 0.3 is 0 Å². The summed E-state index contributed by atoms with van der Waals surface area (Å²) in [5, 5.41) is 4.94.